The highest BCUT2D eigenvalue weighted by atomic mass is 19.4. The molecule has 3 saturated heterocycles. The molecule has 1 amide bonds. The molecule has 0 radical (unpaired) electrons. The summed E-state index contributed by atoms with van der Waals surface area (Å²) in [5.41, 5.74) is -3.82. The van der Waals surface area contributed by atoms with Gasteiger partial charge in [0.15, 0.2) is 5.82 Å². The largest absolute Gasteiger partial charge is 0.497 e. The lowest BCUT2D eigenvalue weighted by atomic mass is 9.95. The number of methoxy groups -OCH3 is 2. The predicted octanol–water partition coefficient (Wildman–Crippen LogP) is 8.70. The number of likely N-dealkylation sites (N-methyl/N-ethyl adjacent to an activating group) is 1. The van der Waals surface area contributed by atoms with Crippen molar-refractivity contribution in [3.05, 3.63) is 88.5 Å². The van der Waals surface area contributed by atoms with Crippen molar-refractivity contribution < 1.29 is 55.5 Å². The summed E-state index contributed by atoms with van der Waals surface area (Å²) < 4.78 is 111. The first-order chi connectivity index (χ1) is 32.7. The van der Waals surface area contributed by atoms with Crippen LogP contribution in [0.25, 0.3) is 22.2 Å². The van der Waals surface area contributed by atoms with Crippen LogP contribution in [-0.2, 0) is 24.0 Å². The van der Waals surface area contributed by atoms with E-state index in [1.807, 2.05) is 16.8 Å². The molecule has 6 atom stereocenters. The number of nitrogens with zero attached hydrogens (tertiary/aromatic N) is 7. The molecule has 69 heavy (non-hydrogen) atoms. The highest BCUT2D eigenvalue weighted by Crippen LogP contribution is 2.49. The average molecular weight is 962 g/mol. The fraction of sp³-hybridized carbons (Fsp3) is 0.480. The zero-order valence-corrected chi connectivity index (χ0v) is 39.7. The lowest BCUT2D eigenvalue weighted by molar-refractivity contribution is -0.137. The normalized spacial score (nSPS) is 22.3. The summed E-state index contributed by atoms with van der Waals surface area (Å²) in [6, 6.07) is 12.8. The van der Waals surface area contributed by atoms with Crippen LogP contribution in [0.3, 0.4) is 0 Å². The van der Waals surface area contributed by atoms with E-state index >= 15 is 22.0 Å². The molecule has 0 unspecified atom stereocenters. The summed E-state index contributed by atoms with van der Waals surface area (Å²) in [5.74, 6) is -1.35. The van der Waals surface area contributed by atoms with Crippen molar-refractivity contribution in [3.8, 4) is 34.6 Å². The van der Waals surface area contributed by atoms with Crippen molar-refractivity contribution in [2.75, 3.05) is 50.8 Å². The summed E-state index contributed by atoms with van der Waals surface area (Å²) in [4.78, 5) is 34.9. The molecule has 368 valence electrons. The number of aliphatic hydroxyl groups is 1. The van der Waals surface area contributed by atoms with Crippen molar-refractivity contribution >= 4 is 28.5 Å². The first-order valence-corrected chi connectivity index (χ1v) is 23.0. The molecule has 3 fully saturated rings. The molecule has 5 aromatic rings. The van der Waals surface area contributed by atoms with Gasteiger partial charge in [-0.1, -0.05) is 24.3 Å². The Morgan fingerprint density at radius 3 is 2.12 bits per heavy atom. The monoisotopic (exact) mass is 961 g/mol. The van der Waals surface area contributed by atoms with Gasteiger partial charge in [0.25, 0.3) is 0 Å². The van der Waals surface area contributed by atoms with Crippen LogP contribution in [0.5, 0.6) is 23.4 Å². The van der Waals surface area contributed by atoms with Gasteiger partial charge in [-0.25, -0.2) is 18.6 Å². The number of fused-ring (bicyclic) bond motifs is 5. The molecular formula is C50H56F5N7O7. The zero-order valence-electron chi connectivity index (χ0n) is 39.7. The number of rotatable bonds is 11. The minimum Gasteiger partial charge on any atom is -0.497 e. The van der Waals surface area contributed by atoms with E-state index in [0.29, 0.717) is 48.4 Å². The Kier molecular flexibility index (Phi) is 12.7. The second kappa shape index (κ2) is 18.3. The lowest BCUT2D eigenvalue weighted by Crippen LogP contribution is -2.65. The molecule has 1 N–H and O–H groups in total. The number of aliphatic hydroxyl groups excluding tert-OH is 1. The second-order valence-electron chi connectivity index (χ2n) is 19.3. The van der Waals surface area contributed by atoms with Gasteiger partial charge in [-0.2, -0.15) is 23.1 Å². The second-order valence-corrected chi connectivity index (χ2v) is 19.3. The summed E-state index contributed by atoms with van der Waals surface area (Å²) in [6.07, 6.45) is -5.51. The third-order valence-electron chi connectivity index (χ3n) is 13.7. The lowest BCUT2D eigenvalue weighted by Gasteiger charge is -2.48. The molecule has 0 spiro atoms. The van der Waals surface area contributed by atoms with Crippen LogP contribution in [0.4, 0.5) is 38.3 Å². The maximum absolute atomic E-state index is 17.9. The first kappa shape index (κ1) is 47.8. The first-order valence-electron chi connectivity index (χ1n) is 23.0. The SMILES string of the molecule is COc1ccc(CN(Cc2ccc(OC)cc2)c2cc(-c3nc4c5c(nc(OC[C@H]6[C@@H](O)CCN6C)nc5c3F)N3C[C@H]5CC[C@@H]([C@H]3[C@H](C)O4)N5C(=O)OC(C)(C)C)c(C(F)(F)F)c(C)c2F)cc1. The topological polar surface area (TPSA) is 135 Å². The van der Waals surface area contributed by atoms with E-state index in [0.717, 1.165) is 13.0 Å². The van der Waals surface area contributed by atoms with E-state index in [2.05, 4.69) is 9.97 Å². The number of carbonyl (C=O) groups excluding carboxylic acids is 1. The van der Waals surface area contributed by atoms with Gasteiger partial charge in [-0.05, 0) is 108 Å². The molecule has 0 saturated carbocycles. The third kappa shape index (κ3) is 9.10. The van der Waals surface area contributed by atoms with Crippen molar-refractivity contribution in [1.82, 2.24) is 24.8 Å². The Balaban J connectivity index is 1.23. The van der Waals surface area contributed by atoms with Crippen molar-refractivity contribution in [3.63, 3.8) is 0 Å². The van der Waals surface area contributed by atoms with E-state index < -0.39 is 87.7 Å². The zero-order chi connectivity index (χ0) is 49.3. The van der Waals surface area contributed by atoms with E-state index in [9.17, 15) is 9.90 Å². The van der Waals surface area contributed by atoms with Crippen LogP contribution in [0.15, 0.2) is 54.6 Å². The van der Waals surface area contributed by atoms with Crippen LogP contribution in [0.2, 0.25) is 0 Å². The van der Waals surface area contributed by atoms with Crippen molar-refractivity contribution in [1.29, 1.82) is 0 Å². The summed E-state index contributed by atoms with van der Waals surface area (Å²) in [6.45, 7) is 8.92. The van der Waals surface area contributed by atoms with E-state index in [1.165, 1.54) is 14.2 Å². The van der Waals surface area contributed by atoms with Gasteiger partial charge in [0, 0.05) is 31.7 Å². The number of hydrogen-bond acceptors (Lipinski definition) is 13. The smallest absolute Gasteiger partial charge is 0.417 e. The van der Waals surface area contributed by atoms with E-state index in [-0.39, 0.29) is 61.1 Å². The van der Waals surface area contributed by atoms with Crippen LogP contribution >= 0.6 is 0 Å². The van der Waals surface area contributed by atoms with Crippen LogP contribution in [0, 0.1) is 18.6 Å². The Hall–Kier alpha value is -6.21. The molecular weight excluding hydrogens is 906 g/mol. The number of amides is 1. The molecule has 6 heterocycles. The number of hydrogen-bond donors (Lipinski definition) is 1. The van der Waals surface area contributed by atoms with Crippen molar-refractivity contribution in [2.24, 2.45) is 0 Å². The molecule has 4 aliphatic rings. The standard InChI is InChI=1S/C50H56F5N7O7/c1-26-39(50(53,54)55)33(21-35(40(26)51)60(22-28-9-14-31(65-7)15-10-28)23-29-11-16-32(66-8)17-12-29)42-41(52)43-38-45(58-47(57-43)67-25-36-37(63)19-20-59(36)6)61-24-30-13-18-34(44(61)27(2)68-46(38)56-42)62(30)48(64)69-49(3,4)5/h9-12,14-17,21,27,30,34,36-37,44,63H,13,18-20,22-25H2,1-8H3/t27-,30+,34-,36-,37-,44+/m0/s1. The Morgan fingerprint density at radius 1 is 0.913 bits per heavy atom. The van der Waals surface area contributed by atoms with E-state index in [1.54, 1.807) is 86.0 Å². The number of aromatic nitrogens is 3. The number of halogens is 5. The average Bonchev–Trinajstić information content (AvgIpc) is 3.76. The number of likely N-dealkylation sites (tertiary alicyclic amines) is 1. The van der Waals surface area contributed by atoms with Gasteiger partial charge in [-0.15, -0.1) is 0 Å². The molecule has 19 heteroatoms. The molecule has 14 nitrogen and oxygen atoms in total. The number of benzene rings is 3. The Labute approximate surface area is 396 Å². The maximum Gasteiger partial charge on any atom is 0.417 e. The van der Waals surface area contributed by atoms with Crippen molar-refractivity contribution in [2.45, 2.75) is 115 Å². The van der Waals surface area contributed by atoms with Gasteiger partial charge in [0.2, 0.25) is 5.88 Å². The molecule has 2 aromatic heterocycles. The predicted molar refractivity (Wildman–Crippen MR) is 247 cm³/mol. The fourth-order valence-corrected chi connectivity index (χ4v) is 10.3. The Bertz CT molecular complexity index is 2680. The minimum atomic E-state index is -5.19. The van der Waals surface area contributed by atoms with Gasteiger partial charge in [0.1, 0.15) is 58.0 Å². The number of ether oxygens (including phenoxy) is 5. The summed E-state index contributed by atoms with van der Waals surface area (Å²) in [7, 11) is 4.87. The molecule has 9 rings (SSSR count). The molecule has 3 aromatic carbocycles. The van der Waals surface area contributed by atoms with Gasteiger partial charge >= 0.3 is 18.3 Å². The third-order valence-corrected chi connectivity index (χ3v) is 13.7. The van der Waals surface area contributed by atoms with Crippen LogP contribution < -0.4 is 28.7 Å². The van der Waals surface area contributed by atoms with E-state index in [4.69, 9.17) is 28.7 Å². The highest BCUT2D eigenvalue weighted by Gasteiger charge is 2.54. The van der Waals surface area contributed by atoms with Crippen LogP contribution in [-0.4, -0.2) is 119 Å². The number of piperazine rings is 1. The summed E-state index contributed by atoms with van der Waals surface area (Å²) in [5, 5.41) is 10.8. The van der Waals surface area contributed by atoms with Gasteiger partial charge < -0.3 is 38.6 Å². The quantitative estimate of drug-likeness (QED) is 0.127. The molecule has 2 bridgehead atoms. The Morgan fingerprint density at radius 2 is 1.55 bits per heavy atom. The summed E-state index contributed by atoms with van der Waals surface area (Å²) >= 11 is 0. The van der Waals surface area contributed by atoms with Crippen LogP contribution in [0.1, 0.15) is 69.2 Å². The highest BCUT2D eigenvalue weighted by molar-refractivity contribution is 5.98. The number of anilines is 2. The minimum absolute atomic E-state index is 0.00524. The number of pyridine rings is 1. The maximum atomic E-state index is 17.9. The fourth-order valence-electron chi connectivity index (χ4n) is 10.3. The number of carbonyl (C=O) groups is 1. The molecule has 4 aliphatic heterocycles. The van der Waals surface area contributed by atoms with Gasteiger partial charge in [-0.3, -0.25) is 9.80 Å². The number of alkyl halides is 3. The van der Waals surface area contributed by atoms with Gasteiger partial charge in [0.05, 0.1) is 55.7 Å². The molecule has 0 aliphatic carbocycles.